The van der Waals surface area contributed by atoms with Crippen LogP contribution in [0.3, 0.4) is 0 Å². The number of nitrogens with zero attached hydrogens (tertiary/aromatic N) is 1. The van der Waals surface area contributed by atoms with Crippen LogP contribution in [-0.2, 0) is 19.6 Å². The first-order valence-corrected chi connectivity index (χ1v) is 13.2. The maximum Gasteiger partial charge on any atom is 0.264 e. The highest BCUT2D eigenvalue weighted by atomic mass is 32.2. The molecule has 3 aromatic carbocycles. The molecule has 3 aromatic rings. The molecular weight excluding hydrogens is 478 g/mol. The van der Waals surface area contributed by atoms with E-state index in [1.165, 1.54) is 12.1 Å². The molecule has 2 amide bonds. The van der Waals surface area contributed by atoms with Gasteiger partial charge in [-0.05, 0) is 55.7 Å². The average Bonchev–Trinajstić information content (AvgIpc) is 3.41. The van der Waals surface area contributed by atoms with Crippen LogP contribution < -0.4 is 14.9 Å². The van der Waals surface area contributed by atoms with E-state index in [4.69, 9.17) is 4.74 Å². The predicted molar refractivity (Wildman–Crippen MR) is 139 cm³/mol. The predicted octanol–water partition coefficient (Wildman–Crippen LogP) is 3.74. The van der Waals surface area contributed by atoms with Gasteiger partial charge in [0.05, 0.1) is 27.9 Å². The van der Waals surface area contributed by atoms with Gasteiger partial charge in [-0.25, -0.2) is 8.42 Å². The quantitative estimate of drug-likeness (QED) is 0.459. The fourth-order valence-electron chi connectivity index (χ4n) is 4.08. The number of amides is 2. The molecule has 1 aliphatic heterocycles. The molecule has 0 bridgehead atoms. The Kier molecular flexibility index (Phi) is 8.02. The number of para-hydroxylation sites is 2. The lowest BCUT2D eigenvalue weighted by molar-refractivity contribution is -0.114. The van der Waals surface area contributed by atoms with Gasteiger partial charge in [0, 0.05) is 13.2 Å². The zero-order chi connectivity index (χ0) is 25.5. The Morgan fingerprint density at radius 3 is 2.39 bits per heavy atom. The zero-order valence-electron chi connectivity index (χ0n) is 20.0. The summed E-state index contributed by atoms with van der Waals surface area (Å²) < 4.78 is 33.7. The van der Waals surface area contributed by atoms with Crippen molar-refractivity contribution in [2.75, 3.05) is 29.3 Å². The first kappa shape index (κ1) is 25.4. The molecular formula is C27H29N3O5S. The molecule has 1 saturated heterocycles. The lowest BCUT2D eigenvalue weighted by Crippen LogP contribution is -2.39. The molecule has 0 saturated carbocycles. The number of anilines is 2. The Hall–Kier alpha value is -3.69. The van der Waals surface area contributed by atoms with Crippen LogP contribution in [0.15, 0.2) is 83.8 Å². The first-order chi connectivity index (χ1) is 17.4. The maximum absolute atomic E-state index is 13.5. The van der Waals surface area contributed by atoms with Gasteiger partial charge < -0.3 is 15.4 Å². The third kappa shape index (κ3) is 5.92. The topological polar surface area (TPSA) is 105 Å². The third-order valence-electron chi connectivity index (χ3n) is 5.96. The van der Waals surface area contributed by atoms with Crippen molar-refractivity contribution in [1.82, 2.24) is 5.32 Å². The summed E-state index contributed by atoms with van der Waals surface area (Å²) in [5, 5.41) is 5.58. The summed E-state index contributed by atoms with van der Waals surface area (Å²) in [6.07, 6.45) is 1.85. The van der Waals surface area contributed by atoms with Crippen LogP contribution >= 0.6 is 0 Å². The molecule has 0 unspecified atom stereocenters. The van der Waals surface area contributed by atoms with Gasteiger partial charge in [-0.2, -0.15) is 0 Å². The van der Waals surface area contributed by atoms with Crippen molar-refractivity contribution >= 4 is 33.2 Å². The van der Waals surface area contributed by atoms with Crippen molar-refractivity contribution in [2.24, 2.45) is 0 Å². The highest BCUT2D eigenvalue weighted by Gasteiger charge is 2.28. The number of sulfonamides is 1. The van der Waals surface area contributed by atoms with Crippen LogP contribution in [0.25, 0.3) is 0 Å². The number of hydrogen-bond acceptors (Lipinski definition) is 5. The second-order valence-electron chi connectivity index (χ2n) is 8.55. The molecule has 188 valence electrons. The fourth-order valence-corrected chi connectivity index (χ4v) is 5.59. The van der Waals surface area contributed by atoms with Gasteiger partial charge in [-0.15, -0.1) is 0 Å². The molecule has 0 spiro atoms. The van der Waals surface area contributed by atoms with Gasteiger partial charge in [0.15, 0.2) is 0 Å². The van der Waals surface area contributed by atoms with E-state index in [1.54, 1.807) is 73.7 Å². The molecule has 0 radical (unpaired) electrons. The monoisotopic (exact) mass is 507 g/mol. The summed E-state index contributed by atoms with van der Waals surface area (Å²) in [5.41, 5.74) is 1.70. The Balaban J connectivity index is 1.55. The van der Waals surface area contributed by atoms with Crippen LogP contribution in [-0.4, -0.2) is 46.0 Å². The minimum absolute atomic E-state index is 0.0124. The lowest BCUT2D eigenvalue weighted by Gasteiger charge is -2.25. The van der Waals surface area contributed by atoms with Gasteiger partial charge in [0.1, 0.15) is 6.54 Å². The number of rotatable bonds is 9. The Labute approximate surface area is 211 Å². The first-order valence-electron chi connectivity index (χ1n) is 11.8. The SMILES string of the molecule is Cc1ccccc1N(CC(=O)Nc1ccccc1C(=O)NC[C@H]1CCCO1)S(=O)(=O)c1ccccc1. The second-order valence-corrected chi connectivity index (χ2v) is 10.4. The van der Waals surface area contributed by atoms with Crippen molar-refractivity contribution in [1.29, 1.82) is 0 Å². The maximum atomic E-state index is 13.5. The molecule has 1 fully saturated rings. The van der Waals surface area contributed by atoms with E-state index in [1.807, 2.05) is 0 Å². The number of ether oxygens (including phenoxy) is 1. The zero-order valence-corrected chi connectivity index (χ0v) is 20.8. The fraction of sp³-hybridized carbons (Fsp3) is 0.259. The van der Waals surface area contributed by atoms with E-state index in [0.29, 0.717) is 30.1 Å². The largest absolute Gasteiger partial charge is 0.376 e. The number of nitrogens with one attached hydrogen (secondary N) is 2. The van der Waals surface area contributed by atoms with Crippen LogP contribution in [0.1, 0.15) is 28.8 Å². The Morgan fingerprint density at radius 1 is 0.972 bits per heavy atom. The minimum atomic E-state index is -4.03. The van der Waals surface area contributed by atoms with E-state index in [9.17, 15) is 18.0 Å². The number of carbonyl (C=O) groups excluding carboxylic acids is 2. The van der Waals surface area contributed by atoms with E-state index in [2.05, 4.69) is 10.6 Å². The highest BCUT2D eigenvalue weighted by Crippen LogP contribution is 2.27. The van der Waals surface area contributed by atoms with Gasteiger partial charge in [-0.1, -0.05) is 48.5 Å². The molecule has 4 rings (SSSR count). The van der Waals surface area contributed by atoms with Crippen LogP contribution in [0, 0.1) is 6.92 Å². The number of benzene rings is 3. The van der Waals surface area contributed by atoms with E-state index < -0.39 is 22.5 Å². The summed E-state index contributed by atoms with van der Waals surface area (Å²) in [5.74, 6) is -0.911. The molecule has 0 aromatic heterocycles. The van der Waals surface area contributed by atoms with E-state index in [0.717, 1.165) is 17.1 Å². The third-order valence-corrected chi connectivity index (χ3v) is 7.74. The van der Waals surface area contributed by atoms with E-state index >= 15 is 0 Å². The normalized spacial score (nSPS) is 15.3. The van der Waals surface area contributed by atoms with Crippen molar-refractivity contribution < 1.29 is 22.7 Å². The van der Waals surface area contributed by atoms with Crippen LogP contribution in [0.2, 0.25) is 0 Å². The smallest absolute Gasteiger partial charge is 0.264 e. The molecule has 1 atom stereocenters. The molecule has 36 heavy (non-hydrogen) atoms. The summed E-state index contributed by atoms with van der Waals surface area (Å²) in [7, 11) is -4.03. The minimum Gasteiger partial charge on any atom is -0.376 e. The molecule has 9 heteroatoms. The lowest BCUT2D eigenvalue weighted by atomic mass is 10.1. The van der Waals surface area contributed by atoms with Crippen molar-refractivity contribution in [3.63, 3.8) is 0 Å². The summed E-state index contributed by atoms with van der Waals surface area (Å²) >= 11 is 0. The number of carbonyl (C=O) groups is 2. The molecule has 8 nitrogen and oxygen atoms in total. The van der Waals surface area contributed by atoms with Crippen molar-refractivity contribution in [3.8, 4) is 0 Å². The molecule has 1 heterocycles. The Bertz CT molecular complexity index is 1320. The van der Waals surface area contributed by atoms with Crippen molar-refractivity contribution in [3.05, 3.63) is 90.0 Å². The summed E-state index contributed by atoms with van der Waals surface area (Å²) in [6, 6.07) is 21.6. The van der Waals surface area contributed by atoms with Gasteiger partial charge in [0.25, 0.3) is 15.9 Å². The summed E-state index contributed by atoms with van der Waals surface area (Å²) in [6.45, 7) is 2.40. The Morgan fingerprint density at radius 2 is 1.67 bits per heavy atom. The highest BCUT2D eigenvalue weighted by molar-refractivity contribution is 7.92. The van der Waals surface area contributed by atoms with Crippen LogP contribution in [0.4, 0.5) is 11.4 Å². The molecule has 1 aliphatic rings. The second kappa shape index (κ2) is 11.4. The number of hydrogen-bond donors (Lipinski definition) is 2. The van der Waals surface area contributed by atoms with Crippen molar-refractivity contribution in [2.45, 2.75) is 30.8 Å². The van der Waals surface area contributed by atoms with Gasteiger partial charge >= 0.3 is 0 Å². The summed E-state index contributed by atoms with van der Waals surface area (Å²) in [4.78, 5) is 26.0. The molecule has 0 aliphatic carbocycles. The standard InChI is InChI=1S/C27H29N3O5S/c1-20-10-5-8-16-25(20)30(36(33,34)22-12-3-2-4-13-22)19-26(31)29-24-15-7-6-14-23(24)27(32)28-18-21-11-9-17-35-21/h2-8,10,12-16,21H,9,11,17-19H2,1H3,(H,28,32)(H,29,31)/t21-/m1/s1. The molecule has 2 N–H and O–H groups in total. The van der Waals surface area contributed by atoms with E-state index in [-0.39, 0.29) is 22.5 Å². The number of aryl methyl sites for hydroxylation is 1. The van der Waals surface area contributed by atoms with Crippen LogP contribution in [0.5, 0.6) is 0 Å². The van der Waals surface area contributed by atoms with Gasteiger partial charge in [-0.3, -0.25) is 13.9 Å². The van der Waals surface area contributed by atoms with Gasteiger partial charge in [0.2, 0.25) is 5.91 Å². The average molecular weight is 508 g/mol.